The first-order valence-electron chi connectivity index (χ1n) is 12.4. The van der Waals surface area contributed by atoms with Gasteiger partial charge in [0.1, 0.15) is 0 Å². The Hall–Kier alpha value is -2.96. The van der Waals surface area contributed by atoms with Crippen LogP contribution in [0, 0.1) is 5.41 Å². The van der Waals surface area contributed by atoms with Crippen molar-refractivity contribution < 1.29 is 13.2 Å². The van der Waals surface area contributed by atoms with Crippen LogP contribution in [0.5, 0.6) is 0 Å². The molecule has 1 amide bonds. The van der Waals surface area contributed by atoms with E-state index in [1.54, 1.807) is 24.3 Å². The molecule has 1 N–H and O–H groups in total. The number of rotatable bonds is 9. The summed E-state index contributed by atoms with van der Waals surface area (Å²) in [6.07, 6.45) is 3.36. The normalized spacial score (nSPS) is 16.0. The summed E-state index contributed by atoms with van der Waals surface area (Å²) in [6.45, 7) is 3.36. The van der Waals surface area contributed by atoms with E-state index in [0.29, 0.717) is 43.8 Å². The van der Waals surface area contributed by atoms with E-state index < -0.39 is 15.4 Å². The number of nitrogens with one attached hydrogen (secondary N) is 1. The molecule has 4 rings (SSSR count). The van der Waals surface area contributed by atoms with Crippen LogP contribution in [-0.4, -0.2) is 38.3 Å². The quantitative estimate of drug-likeness (QED) is 0.476. The highest BCUT2D eigenvalue weighted by Crippen LogP contribution is 2.37. The lowest BCUT2D eigenvalue weighted by molar-refractivity contribution is -0.133. The van der Waals surface area contributed by atoms with Gasteiger partial charge in [0.05, 0.1) is 10.3 Å². The number of aryl methyl sites for hydroxylation is 1. The standard InChI is InChI=1S/C29H34N2O3S/c1-2-24-13-15-25(16-14-24)17-20-30-28(32)29(23-26-9-5-3-6-10-26)18-21-31(22-19-29)35(33,34)27-11-7-4-8-12-27/h3-16H,2,17-23H2,1H3,(H,30,32). The van der Waals surface area contributed by atoms with Crippen molar-refractivity contribution in [2.24, 2.45) is 5.41 Å². The molecule has 1 aliphatic heterocycles. The number of piperidine rings is 1. The average molecular weight is 491 g/mol. The van der Waals surface area contributed by atoms with Crippen molar-refractivity contribution in [3.63, 3.8) is 0 Å². The number of carbonyl (C=O) groups is 1. The third-order valence-electron chi connectivity index (χ3n) is 7.06. The molecular weight excluding hydrogens is 456 g/mol. The predicted octanol–water partition coefficient (Wildman–Crippen LogP) is 4.62. The molecule has 1 fully saturated rings. The van der Waals surface area contributed by atoms with Crippen molar-refractivity contribution in [3.05, 3.63) is 102 Å². The Balaban J connectivity index is 1.45. The number of sulfonamides is 1. The van der Waals surface area contributed by atoms with E-state index in [-0.39, 0.29) is 5.91 Å². The molecular formula is C29H34N2O3S. The average Bonchev–Trinajstić information content (AvgIpc) is 2.90. The van der Waals surface area contributed by atoms with Crippen LogP contribution < -0.4 is 5.32 Å². The summed E-state index contributed by atoms with van der Waals surface area (Å²) in [4.78, 5) is 13.9. The van der Waals surface area contributed by atoms with E-state index in [9.17, 15) is 13.2 Å². The second-order valence-corrected chi connectivity index (χ2v) is 11.3. The van der Waals surface area contributed by atoms with Gasteiger partial charge in [0.2, 0.25) is 15.9 Å². The Labute approximate surface area is 209 Å². The molecule has 0 aromatic heterocycles. The molecule has 5 nitrogen and oxygen atoms in total. The zero-order valence-corrected chi connectivity index (χ0v) is 21.1. The fourth-order valence-electron chi connectivity index (χ4n) is 4.82. The molecule has 6 heteroatoms. The van der Waals surface area contributed by atoms with Crippen LogP contribution in [0.1, 0.15) is 36.5 Å². The Morgan fingerprint density at radius 2 is 1.40 bits per heavy atom. The number of amides is 1. The zero-order chi connectivity index (χ0) is 24.7. The van der Waals surface area contributed by atoms with Crippen LogP contribution in [0.2, 0.25) is 0 Å². The fraction of sp³-hybridized carbons (Fsp3) is 0.345. The molecule has 1 heterocycles. The van der Waals surface area contributed by atoms with Gasteiger partial charge in [-0.05, 0) is 60.9 Å². The van der Waals surface area contributed by atoms with Gasteiger partial charge in [-0.25, -0.2) is 8.42 Å². The maximum Gasteiger partial charge on any atom is 0.243 e. The molecule has 0 aliphatic carbocycles. The van der Waals surface area contributed by atoms with Gasteiger partial charge < -0.3 is 5.32 Å². The summed E-state index contributed by atoms with van der Waals surface area (Å²) in [6, 6.07) is 27.1. The van der Waals surface area contributed by atoms with Crippen LogP contribution in [0.25, 0.3) is 0 Å². The van der Waals surface area contributed by atoms with Gasteiger partial charge in [-0.3, -0.25) is 4.79 Å². The van der Waals surface area contributed by atoms with E-state index in [4.69, 9.17) is 0 Å². The number of benzene rings is 3. The van der Waals surface area contributed by atoms with E-state index in [0.717, 1.165) is 18.4 Å². The number of nitrogens with zero attached hydrogens (tertiary/aromatic N) is 1. The topological polar surface area (TPSA) is 66.5 Å². The van der Waals surface area contributed by atoms with Crippen LogP contribution in [0.4, 0.5) is 0 Å². The number of hydrogen-bond acceptors (Lipinski definition) is 3. The van der Waals surface area contributed by atoms with Gasteiger partial charge in [-0.15, -0.1) is 0 Å². The molecule has 0 bridgehead atoms. The third-order valence-corrected chi connectivity index (χ3v) is 8.97. The van der Waals surface area contributed by atoms with E-state index in [1.807, 2.05) is 36.4 Å². The van der Waals surface area contributed by atoms with Gasteiger partial charge in [0.15, 0.2) is 0 Å². The second-order valence-electron chi connectivity index (χ2n) is 9.34. The van der Waals surface area contributed by atoms with Gasteiger partial charge in [0, 0.05) is 19.6 Å². The van der Waals surface area contributed by atoms with Crippen molar-refractivity contribution in [1.82, 2.24) is 9.62 Å². The van der Waals surface area contributed by atoms with Crippen molar-refractivity contribution >= 4 is 15.9 Å². The lowest BCUT2D eigenvalue weighted by Gasteiger charge is -2.40. The second kappa shape index (κ2) is 11.2. The largest absolute Gasteiger partial charge is 0.355 e. The minimum Gasteiger partial charge on any atom is -0.355 e. The summed E-state index contributed by atoms with van der Waals surface area (Å²) in [5, 5.41) is 3.17. The van der Waals surface area contributed by atoms with Gasteiger partial charge >= 0.3 is 0 Å². The Kier molecular flexibility index (Phi) is 8.04. The highest BCUT2D eigenvalue weighted by atomic mass is 32.2. The number of hydrogen-bond donors (Lipinski definition) is 1. The molecule has 3 aromatic carbocycles. The van der Waals surface area contributed by atoms with Gasteiger partial charge in [0.25, 0.3) is 0 Å². The van der Waals surface area contributed by atoms with E-state index in [1.165, 1.54) is 15.4 Å². The first-order valence-corrected chi connectivity index (χ1v) is 13.8. The van der Waals surface area contributed by atoms with Gasteiger partial charge in [-0.2, -0.15) is 4.31 Å². The van der Waals surface area contributed by atoms with Crippen molar-refractivity contribution in [3.8, 4) is 0 Å². The minimum atomic E-state index is -3.57. The SMILES string of the molecule is CCc1ccc(CCNC(=O)C2(Cc3ccccc3)CCN(S(=O)(=O)c3ccccc3)CC2)cc1. The van der Waals surface area contributed by atoms with Crippen molar-refractivity contribution in [2.75, 3.05) is 19.6 Å². The van der Waals surface area contributed by atoms with E-state index in [2.05, 4.69) is 36.5 Å². The van der Waals surface area contributed by atoms with E-state index >= 15 is 0 Å². The summed E-state index contributed by atoms with van der Waals surface area (Å²) >= 11 is 0. The Morgan fingerprint density at radius 3 is 2.00 bits per heavy atom. The molecule has 0 radical (unpaired) electrons. The third kappa shape index (κ3) is 6.00. The van der Waals surface area contributed by atoms with Crippen molar-refractivity contribution in [2.45, 2.75) is 43.9 Å². The molecule has 1 aliphatic rings. The summed E-state index contributed by atoms with van der Waals surface area (Å²) in [5.41, 5.74) is 2.97. The Morgan fingerprint density at radius 1 is 0.829 bits per heavy atom. The van der Waals surface area contributed by atoms with Crippen molar-refractivity contribution in [1.29, 1.82) is 0 Å². The maximum atomic E-state index is 13.6. The predicted molar refractivity (Wildman–Crippen MR) is 140 cm³/mol. The molecule has 0 spiro atoms. The van der Waals surface area contributed by atoms with Crippen LogP contribution >= 0.6 is 0 Å². The highest BCUT2D eigenvalue weighted by molar-refractivity contribution is 7.89. The zero-order valence-electron chi connectivity index (χ0n) is 20.3. The molecule has 1 saturated heterocycles. The highest BCUT2D eigenvalue weighted by Gasteiger charge is 2.43. The smallest absolute Gasteiger partial charge is 0.243 e. The molecule has 3 aromatic rings. The molecule has 0 unspecified atom stereocenters. The monoisotopic (exact) mass is 490 g/mol. The van der Waals surface area contributed by atoms with Gasteiger partial charge in [-0.1, -0.05) is 79.7 Å². The first kappa shape index (κ1) is 25.1. The maximum absolute atomic E-state index is 13.6. The summed E-state index contributed by atoms with van der Waals surface area (Å²) in [7, 11) is -3.57. The lowest BCUT2D eigenvalue weighted by atomic mass is 9.73. The fourth-order valence-corrected chi connectivity index (χ4v) is 6.28. The van der Waals surface area contributed by atoms with Crippen LogP contribution in [-0.2, 0) is 34.1 Å². The molecule has 35 heavy (non-hydrogen) atoms. The van der Waals surface area contributed by atoms with Crippen LogP contribution in [0.3, 0.4) is 0 Å². The summed E-state index contributed by atoms with van der Waals surface area (Å²) in [5.74, 6) is 0.0169. The molecule has 0 atom stereocenters. The number of carbonyl (C=O) groups excluding carboxylic acids is 1. The summed E-state index contributed by atoms with van der Waals surface area (Å²) < 4.78 is 27.8. The lowest BCUT2D eigenvalue weighted by Crippen LogP contribution is -2.51. The molecule has 0 saturated carbocycles. The Bertz CT molecular complexity index is 1200. The molecule has 184 valence electrons. The minimum absolute atomic E-state index is 0.0169. The first-order chi connectivity index (χ1) is 16.9. The van der Waals surface area contributed by atoms with Crippen LogP contribution in [0.15, 0.2) is 89.8 Å².